The highest BCUT2D eigenvalue weighted by Crippen LogP contribution is 2.31. The first-order valence-electron chi connectivity index (χ1n) is 6.33. The number of methoxy groups -OCH3 is 1. The molecule has 1 aromatic rings. The van der Waals surface area contributed by atoms with Crippen molar-refractivity contribution in [3.05, 3.63) is 29.8 Å². The third-order valence-corrected chi connectivity index (χ3v) is 2.97. The minimum Gasteiger partial charge on any atom is -0.493 e. The summed E-state index contributed by atoms with van der Waals surface area (Å²) in [5.41, 5.74) is 3.71. The van der Waals surface area contributed by atoms with Gasteiger partial charge in [0.15, 0.2) is 0 Å². The number of fused-ring (bicyclic) bond motifs is 1. The van der Waals surface area contributed by atoms with E-state index in [9.17, 15) is 0 Å². The lowest BCUT2D eigenvalue weighted by atomic mass is 10.0. The van der Waals surface area contributed by atoms with Gasteiger partial charge in [0, 0.05) is 19.1 Å². The molecule has 4 N–H and O–H groups in total. The molecule has 0 aromatic heterocycles. The molecule has 6 nitrogen and oxygen atoms in total. The maximum atomic E-state index is 5.62. The topological polar surface area (TPSA) is 80.9 Å². The normalized spacial score (nSPS) is 18.4. The standard InChI is InChI=1S/C13H20N4O2/c1-18-9-7-15-13(17-14)16-11-6-8-19-12-5-3-2-4-10(11)12/h2-5,11H,6-9,14H2,1H3,(H2,15,16,17). The molecule has 0 amide bonds. The lowest BCUT2D eigenvalue weighted by Gasteiger charge is -2.27. The van der Waals surface area contributed by atoms with Crippen LogP contribution in [0.5, 0.6) is 5.75 Å². The van der Waals surface area contributed by atoms with E-state index in [-0.39, 0.29) is 6.04 Å². The quantitative estimate of drug-likeness (QED) is 0.243. The summed E-state index contributed by atoms with van der Waals surface area (Å²) in [4.78, 5) is 4.30. The number of hydrogen-bond donors (Lipinski definition) is 3. The molecule has 1 unspecified atom stereocenters. The first-order valence-corrected chi connectivity index (χ1v) is 6.33. The number of para-hydroxylation sites is 1. The highest BCUT2D eigenvalue weighted by atomic mass is 16.5. The second-order valence-corrected chi connectivity index (χ2v) is 4.24. The van der Waals surface area contributed by atoms with E-state index < -0.39 is 0 Å². The minimum atomic E-state index is 0.155. The highest BCUT2D eigenvalue weighted by molar-refractivity contribution is 5.79. The van der Waals surface area contributed by atoms with E-state index in [1.807, 2.05) is 18.2 Å². The van der Waals surface area contributed by atoms with Crippen LogP contribution >= 0.6 is 0 Å². The van der Waals surface area contributed by atoms with Gasteiger partial charge in [0.1, 0.15) is 5.75 Å². The molecule has 0 spiro atoms. The SMILES string of the molecule is COCCN=C(NN)NC1CCOc2ccccc21. The van der Waals surface area contributed by atoms with Crippen molar-refractivity contribution in [3.8, 4) is 5.75 Å². The van der Waals surface area contributed by atoms with Crippen LogP contribution in [-0.2, 0) is 4.74 Å². The van der Waals surface area contributed by atoms with E-state index in [0.29, 0.717) is 25.7 Å². The minimum absolute atomic E-state index is 0.155. The second-order valence-electron chi connectivity index (χ2n) is 4.24. The summed E-state index contributed by atoms with van der Waals surface area (Å²) >= 11 is 0. The lowest BCUT2D eigenvalue weighted by molar-refractivity contribution is 0.207. The van der Waals surface area contributed by atoms with Crippen molar-refractivity contribution >= 4 is 5.96 Å². The predicted molar refractivity (Wildman–Crippen MR) is 73.9 cm³/mol. The van der Waals surface area contributed by atoms with Gasteiger partial charge in [-0.15, -0.1) is 0 Å². The molecule has 1 aromatic carbocycles. The van der Waals surface area contributed by atoms with Gasteiger partial charge in [-0.2, -0.15) is 0 Å². The van der Waals surface area contributed by atoms with Crippen molar-refractivity contribution < 1.29 is 9.47 Å². The average molecular weight is 264 g/mol. The van der Waals surface area contributed by atoms with E-state index >= 15 is 0 Å². The predicted octanol–water partition coefficient (Wildman–Crippen LogP) is 0.565. The Bertz CT molecular complexity index is 436. The Hall–Kier alpha value is -1.79. The van der Waals surface area contributed by atoms with Gasteiger partial charge in [-0.1, -0.05) is 18.2 Å². The molecular weight excluding hydrogens is 244 g/mol. The van der Waals surface area contributed by atoms with Crippen molar-refractivity contribution in [2.75, 3.05) is 26.9 Å². The van der Waals surface area contributed by atoms with Gasteiger partial charge < -0.3 is 14.8 Å². The number of aliphatic imine (C=N–C) groups is 1. The molecule has 1 heterocycles. The van der Waals surface area contributed by atoms with Crippen LogP contribution in [0.4, 0.5) is 0 Å². The Kier molecular flexibility index (Phi) is 5.00. The number of nitrogens with one attached hydrogen (secondary N) is 2. The van der Waals surface area contributed by atoms with Crippen LogP contribution in [0.15, 0.2) is 29.3 Å². The summed E-state index contributed by atoms with van der Waals surface area (Å²) < 4.78 is 10.6. The van der Waals surface area contributed by atoms with Gasteiger partial charge in [0.05, 0.1) is 25.8 Å². The Labute approximate surface area is 113 Å². The molecule has 0 fully saturated rings. The molecule has 0 radical (unpaired) electrons. The van der Waals surface area contributed by atoms with Crippen LogP contribution in [0.25, 0.3) is 0 Å². The number of guanidine groups is 1. The summed E-state index contributed by atoms with van der Waals surface area (Å²) in [6.07, 6.45) is 0.877. The number of nitrogens with two attached hydrogens (primary N) is 1. The van der Waals surface area contributed by atoms with Crippen LogP contribution in [0.1, 0.15) is 18.0 Å². The van der Waals surface area contributed by atoms with Gasteiger partial charge >= 0.3 is 0 Å². The van der Waals surface area contributed by atoms with Gasteiger partial charge in [-0.05, 0) is 6.07 Å². The van der Waals surface area contributed by atoms with E-state index in [1.165, 1.54) is 0 Å². The maximum Gasteiger partial charge on any atom is 0.206 e. The third-order valence-electron chi connectivity index (χ3n) is 2.97. The van der Waals surface area contributed by atoms with Crippen molar-refractivity contribution in [2.24, 2.45) is 10.8 Å². The van der Waals surface area contributed by atoms with Crippen molar-refractivity contribution in [3.63, 3.8) is 0 Å². The van der Waals surface area contributed by atoms with Gasteiger partial charge in [-0.3, -0.25) is 5.43 Å². The highest BCUT2D eigenvalue weighted by Gasteiger charge is 2.21. The fourth-order valence-corrected chi connectivity index (χ4v) is 2.04. The molecule has 0 saturated heterocycles. The maximum absolute atomic E-state index is 5.62. The molecule has 6 heteroatoms. The van der Waals surface area contributed by atoms with E-state index in [1.54, 1.807) is 7.11 Å². The molecule has 1 aliphatic heterocycles. The number of hydrazine groups is 1. The van der Waals surface area contributed by atoms with Crippen molar-refractivity contribution in [1.82, 2.24) is 10.7 Å². The third kappa shape index (κ3) is 3.59. The summed E-state index contributed by atoms with van der Waals surface area (Å²) in [7, 11) is 1.65. The molecule has 0 saturated carbocycles. The zero-order valence-electron chi connectivity index (χ0n) is 11.1. The molecular formula is C13H20N4O2. The Morgan fingerprint density at radius 3 is 3.16 bits per heavy atom. The zero-order valence-corrected chi connectivity index (χ0v) is 11.1. The Morgan fingerprint density at radius 1 is 1.53 bits per heavy atom. The molecule has 1 aliphatic rings. The van der Waals surface area contributed by atoms with Crippen LogP contribution in [0.3, 0.4) is 0 Å². The number of benzene rings is 1. The lowest BCUT2D eigenvalue weighted by Crippen LogP contribution is -2.44. The smallest absolute Gasteiger partial charge is 0.206 e. The van der Waals surface area contributed by atoms with E-state index in [0.717, 1.165) is 17.7 Å². The van der Waals surface area contributed by atoms with E-state index in [4.69, 9.17) is 15.3 Å². The molecule has 0 aliphatic carbocycles. The number of hydrogen-bond acceptors (Lipinski definition) is 4. The first-order chi connectivity index (χ1) is 9.35. The fourth-order valence-electron chi connectivity index (χ4n) is 2.04. The van der Waals surface area contributed by atoms with Gasteiger partial charge in [-0.25, -0.2) is 10.8 Å². The van der Waals surface area contributed by atoms with Gasteiger partial charge in [0.25, 0.3) is 0 Å². The molecule has 19 heavy (non-hydrogen) atoms. The van der Waals surface area contributed by atoms with Crippen LogP contribution in [0, 0.1) is 0 Å². The number of nitrogens with zero attached hydrogens (tertiary/aromatic N) is 1. The van der Waals surface area contributed by atoms with Crippen LogP contribution < -0.4 is 21.3 Å². The van der Waals surface area contributed by atoms with Gasteiger partial charge in [0.2, 0.25) is 5.96 Å². The molecule has 0 bridgehead atoms. The van der Waals surface area contributed by atoms with E-state index in [2.05, 4.69) is 21.8 Å². The molecule has 104 valence electrons. The number of rotatable bonds is 4. The van der Waals surface area contributed by atoms with Crippen LogP contribution in [-0.4, -0.2) is 32.8 Å². The van der Waals surface area contributed by atoms with Crippen molar-refractivity contribution in [1.29, 1.82) is 0 Å². The Balaban J connectivity index is 2.04. The fraction of sp³-hybridized carbons (Fsp3) is 0.462. The zero-order chi connectivity index (χ0) is 13.5. The average Bonchev–Trinajstić information content (AvgIpc) is 2.46. The summed E-state index contributed by atoms with van der Waals surface area (Å²) in [5, 5.41) is 3.30. The summed E-state index contributed by atoms with van der Waals surface area (Å²) in [6.45, 7) is 1.82. The van der Waals surface area contributed by atoms with Crippen molar-refractivity contribution in [2.45, 2.75) is 12.5 Å². The first kappa shape index (κ1) is 13.6. The second kappa shape index (κ2) is 6.96. The van der Waals surface area contributed by atoms with Crippen LogP contribution in [0.2, 0.25) is 0 Å². The number of ether oxygens (including phenoxy) is 2. The summed E-state index contributed by atoms with van der Waals surface area (Å²) in [6, 6.07) is 8.15. The largest absolute Gasteiger partial charge is 0.493 e. The monoisotopic (exact) mass is 264 g/mol. The summed E-state index contributed by atoms with van der Waals surface area (Å²) in [5.74, 6) is 6.96. The Morgan fingerprint density at radius 2 is 2.37 bits per heavy atom. The molecule has 1 atom stereocenters. The molecule has 2 rings (SSSR count).